The number of aromatic nitrogens is 3. The second-order valence-electron chi connectivity index (χ2n) is 4.21. The number of amides is 1. The Hall–Kier alpha value is -2.30. The third kappa shape index (κ3) is 2.93. The van der Waals surface area contributed by atoms with Gasteiger partial charge >= 0.3 is 0 Å². The SMILES string of the molecule is C/C=C/CCNC(=O)c1cnn(C)c1-n1cccc1. The molecule has 0 saturated carbocycles. The second-order valence-corrected chi connectivity index (χ2v) is 4.21. The molecule has 100 valence electrons. The molecule has 2 heterocycles. The molecule has 5 nitrogen and oxygen atoms in total. The third-order valence-corrected chi connectivity index (χ3v) is 2.83. The minimum atomic E-state index is -0.0960. The molecule has 0 unspecified atom stereocenters. The number of hydrogen-bond acceptors (Lipinski definition) is 2. The molecule has 0 atom stereocenters. The van der Waals surface area contributed by atoms with Gasteiger partial charge in [-0.15, -0.1) is 0 Å². The number of allylic oxidation sites excluding steroid dienone is 1. The Morgan fingerprint density at radius 2 is 2.16 bits per heavy atom. The van der Waals surface area contributed by atoms with E-state index < -0.39 is 0 Å². The summed E-state index contributed by atoms with van der Waals surface area (Å²) in [4.78, 5) is 12.1. The van der Waals surface area contributed by atoms with E-state index in [4.69, 9.17) is 0 Å². The van der Waals surface area contributed by atoms with Crippen LogP contribution in [0, 0.1) is 0 Å². The number of carbonyl (C=O) groups is 1. The molecule has 0 fully saturated rings. The van der Waals surface area contributed by atoms with E-state index in [0.29, 0.717) is 12.1 Å². The van der Waals surface area contributed by atoms with Gasteiger partial charge in [0.05, 0.1) is 6.20 Å². The van der Waals surface area contributed by atoms with E-state index in [9.17, 15) is 4.79 Å². The van der Waals surface area contributed by atoms with Gasteiger partial charge in [0.15, 0.2) is 0 Å². The number of aryl methyl sites for hydroxylation is 1. The lowest BCUT2D eigenvalue weighted by Gasteiger charge is -2.07. The van der Waals surface area contributed by atoms with E-state index in [1.807, 2.05) is 55.2 Å². The van der Waals surface area contributed by atoms with E-state index in [0.717, 1.165) is 12.2 Å². The summed E-state index contributed by atoms with van der Waals surface area (Å²) in [5.74, 6) is 0.676. The summed E-state index contributed by atoms with van der Waals surface area (Å²) in [6.45, 7) is 2.59. The van der Waals surface area contributed by atoms with Crippen molar-refractivity contribution in [3.8, 4) is 5.82 Å². The van der Waals surface area contributed by atoms with Gasteiger partial charge in [-0.05, 0) is 25.5 Å². The largest absolute Gasteiger partial charge is 0.352 e. The maximum atomic E-state index is 12.1. The quantitative estimate of drug-likeness (QED) is 0.658. The third-order valence-electron chi connectivity index (χ3n) is 2.83. The lowest BCUT2D eigenvalue weighted by molar-refractivity contribution is 0.0954. The smallest absolute Gasteiger partial charge is 0.256 e. The number of hydrogen-bond donors (Lipinski definition) is 1. The fraction of sp³-hybridized carbons (Fsp3) is 0.286. The standard InChI is InChI=1S/C14H18N4O/c1-3-4-5-8-15-13(19)12-11-16-17(2)14(12)18-9-6-7-10-18/h3-4,6-7,9-11H,5,8H2,1-2H3,(H,15,19)/b4-3+. The average Bonchev–Trinajstić information content (AvgIpc) is 3.03. The maximum absolute atomic E-state index is 12.1. The van der Waals surface area contributed by atoms with Crippen LogP contribution in [0.15, 0.2) is 42.9 Å². The molecule has 0 bridgehead atoms. The van der Waals surface area contributed by atoms with Gasteiger partial charge in [0.1, 0.15) is 11.4 Å². The minimum absolute atomic E-state index is 0.0960. The van der Waals surface area contributed by atoms with Gasteiger partial charge in [-0.25, -0.2) is 0 Å². The normalized spacial score (nSPS) is 11.1. The summed E-state index contributed by atoms with van der Waals surface area (Å²) in [5.41, 5.74) is 0.583. The Labute approximate surface area is 112 Å². The summed E-state index contributed by atoms with van der Waals surface area (Å²) in [7, 11) is 1.83. The van der Waals surface area contributed by atoms with Crippen molar-refractivity contribution in [1.29, 1.82) is 0 Å². The van der Waals surface area contributed by atoms with E-state index >= 15 is 0 Å². The van der Waals surface area contributed by atoms with Crippen LogP contribution < -0.4 is 5.32 Å². The predicted octanol–water partition coefficient (Wildman–Crippen LogP) is 1.91. The van der Waals surface area contributed by atoms with Gasteiger partial charge in [-0.1, -0.05) is 12.2 Å². The Balaban J connectivity index is 2.14. The van der Waals surface area contributed by atoms with Crippen molar-refractivity contribution in [3.05, 3.63) is 48.4 Å². The molecule has 0 aliphatic rings. The van der Waals surface area contributed by atoms with Crippen molar-refractivity contribution >= 4 is 5.91 Å². The lowest BCUT2D eigenvalue weighted by atomic mass is 10.3. The predicted molar refractivity (Wildman–Crippen MR) is 74.3 cm³/mol. The molecule has 0 spiro atoms. The summed E-state index contributed by atoms with van der Waals surface area (Å²) in [6, 6.07) is 3.83. The van der Waals surface area contributed by atoms with E-state index in [1.54, 1.807) is 10.9 Å². The van der Waals surface area contributed by atoms with E-state index in [1.165, 1.54) is 0 Å². The van der Waals surface area contributed by atoms with Gasteiger partial charge < -0.3 is 9.88 Å². The number of nitrogens with zero attached hydrogens (tertiary/aromatic N) is 3. The van der Waals surface area contributed by atoms with Gasteiger partial charge in [0.2, 0.25) is 0 Å². The second kappa shape index (κ2) is 6.04. The zero-order chi connectivity index (χ0) is 13.7. The van der Waals surface area contributed by atoms with Crippen LogP contribution >= 0.6 is 0 Å². The first kappa shape index (κ1) is 13.1. The Kier molecular flexibility index (Phi) is 4.18. The van der Waals surface area contributed by atoms with Crippen LogP contribution in [-0.2, 0) is 7.05 Å². The zero-order valence-electron chi connectivity index (χ0n) is 11.2. The van der Waals surface area contributed by atoms with Crippen molar-refractivity contribution in [1.82, 2.24) is 19.7 Å². The Morgan fingerprint density at radius 3 is 2.84 bits per heavy atom. The van der Waals surface area contributed by atoms with Crippen molar-refractivity contribution in [2.45, 2.75) is 13.3 Å². The fourth-order valence-corrected chi connectivity index (χ4v) is 1.90. The molecule has 19 heavy (non-hydrogen) atoms. The van der Waals surface area contributed by atoms with Crippen LogP contribution in [0.2, 0.25) is 0 Å². The average molecular weight is 258 g/mol. The summed E-state index contributed by atoms with van der Waals surface area (Å²) >= 11 is 0. The Bertz CT molecular complexity index is 566. The van der Waals surface area contributed by atoms with Crippen molar-refractivity contribution < 1.29 is 4.79 Å². The maximum Gasteiger partial charge on any atom is 0.256 e. The van der Waals surface area contributed by atoms with E-state index in [2.05, 4.69) is 10.4 Å². The van der Waals surface area contributed by atoms with Gasteiger partial charge in [-0.2, -0.15) is 5.10 Å². The van der Waals surface area contributed by atoms with Crippen LogP contribution in [0.3, 0.4) is 0 Å². The molecular formula is C14H18N4O. The molecule has 0 aromatic carbocycles. The van der Waals surface area contributed by atoms with E-state index in [-0.39, 0.29) is 5.91 Å². The summed E-state index contributed by atoms with van der Waals surface area (Å²) in [5, 5.41) is 7.05. The first-order chi connectivity index (χ1) is 9.24. The zero-order valence-corrected chi connectivity index (χ0v) is 11.2. The van der Waals surface area contributed by atoms with Crippen molar-refractivity contribution in [2.75, 3.05) is 6.54 Å². The molecule has 2 aromatic heterocycles. The Morgan fingerprint density at radius 1 is 1.42 bits per heavy atom. The van der Waals surface area contributed by atoms with Crippen LogP contribution in [0.5, 0.6) is 0 Å². The molecule has 0 saturated heterocycles. The van der Waals surface area contributed by atoms with Crippen LogP contribution in [-0.4, -0.2) is 26.8 Å². The van der Waals surface area contributed by atoms with Crippen LogP contribution in [0.1, 0.15) is 23.7 Å². The monoisotopic (exact) mass is 258 g/mol. The number of nitrogens with one attached hydrogen (secondary N) is 1. The summed E-state index contributed by atoms with van der Waals surface area (Å²) < 4.78 is 3.58. The molecule has 5 heteroatoms. The lowest BCUT2D eigenvalue weighted by Crippen LogP contribution is -2.25. The van der Waals surface area contributed by atoms with Crippen LogP contribution in [0.25, 0.3) is 5.82 Å². The van der Waals surface area contributed by atoms with Crippen molar-refractivity contribution in [2.24, 2.45) is 7.05 Å². The number of rotatable bonds is 5. The van der Waals surface area contributed by atoms with Gasteiger partial charge in [0.25, 0.3) is 5.91 Å². The molecule has 0 radical (unpaired) electrons. The topological polar surface area (TPSA) is 51.9 Å². The molecule has 1 N–H and O–H groups in total. The highest BCUT2D eigenvalue weighted by Gasteiger charge is 2.16. The van der Waals surface area contributed by atoms with Gasteiger partial charge in [-0.3, -0.25) is 9.48 Å². The van der Waals surface area contributed by atoms with Crippen LogP contribution in [0.4, 0.5) is 0 Å². The molecule has 0 aliphatic carbocycles. The first-order valence-corrected chi connectivity index (χ1v) is 6.28. The molecule has 0 aliphatic heterocycles. The first-order valence-electron chi connectivity index (χ1n) is 6.28. The molecule has 2 aromatic rings. The molecule has 1 amide bonds. The summed E-state index contributed by atoms with van der Waals surface area (Å²) in [6.07, 6.45) is 10.2. The van der Waals surface area contributed by atoms with Crippen molar-refractivity contribution in [3.63, 3.8) is 0 Å². The highest BCUT2D eigenvalue weighted by molar-refractivity contribution is 5.97. The van der Waals surface area contributed by atoms with Gasteiger partial charge in [0, 0.05) is 26.0 Å². The molecule has 2 rings (SSSR count). The highest BCUT2D eigenvalue weighted by atomic mass is 16.1. The number of carbonyl (C=O) groups excluding carboxylic acids is 1. The minimum Gasteiger partial charge on any atom is -0.352 e. The molecular weight excluding hydrogens is 240 g/mol. The highest BCUT2D eigenvalue weighted by Crippen LogP contribution is 2.13. The fourth-order valence-electron chi connectivity index (χ4n) is 1.90.